The van der Waals surface area contributed by atoms with E-state index in [1.54, 1.807) is 29.8 Å². The number of alkyl halides is 1. The molecule has 0 saturated carbocycles. The molecule has 2 heterocycles. The minimum atomic E-state index is -0.978. The SMILES string of the molecule is Cn1c(Cl)ccc1C(=O)c1[nH]c(CC(=O)O)cc1CCl. The molecule has 2 aromatic heterocycles. The molecule has 2 N–H and O–H groups in total. The number of aromatic amines is 1. The van der Waals surface area contributed by atoms with Crippen LogP contribution in [0.2, 0.25) is 5.15 Å². The van der Waals surface area contributed by atoms with Crippen LogP contribution in [0.4, 0.5) is 0 Å². The monoisotopic (exact) mass is 314 g/mol. The highest BCUT2D eigenvalue weighted by Crippen LogP contribution is 2.21. The normalized spacial score (nSPS) is 10.8. The van der Waals surface area contributed by atoms with Gasteiger partial charge in [0.05, 0.1) is 17.8 Å². The summed E-state index contributed by atoms with van der Waals surface area (Å²) in [6, 6.07) is 4.83. The molecule has 0 aromatic carbocycles. The van der Waals surface area contributed by atoms with Gasteiger partial charge in [0.2, 0.25) is 5.78 Å². The summed E-state index contributed by atoms with van der Waals surface area (Å²) in [5, 5.41) is 9.23. The van der Waals surface area contributed by atoms with Crippen molar-refractivity contribution in [3.05, 3.63) is 46.0 Å². The second-order valence-corrected chi connectivity index (χ2v) is 4.98. The van der Waals surface area contributed by atoms with E-state index in [2.05, 4.69) is 4.98 Å². The van der Waals surface area contributed by atoms with Crippen molar-refractivity contribution in [2.45, 2.75) is 12.3 Å². The van der Waals surface area contributed by atoms with Gasteiger partial charge in [-0.15, -0.1) is 11.6 Å². The zero-order valence-corrected chi connectivity index (χ0v) is 12.1. The predicted octanol–water partition coefficient (Wildman–Crippen LogP) is 2.60. The minimum absolute atomic E-state index is 0.120. The van der Waals surface area contributed by atoms with Gasteiger partial charge in [0.15, 0.2) is 0 Å². The summed E-state index contributed by atoms with van der Waals surface area (Å²) >= 11 is 11.7. The fourth-order valence-corrected chi connectivity index (χ4v) is 2.33. The van der Waals surface area contributed by atoms with E-state index in [0.717, 1.165) is 0 Å². The molecule has 0 radical (unpaired) electrons. The number of halogens is 2. The third-order valence-corrected chi connectivity index (χ3v) is 3.63. The van der Waals surface area contributed by atoms with E-state index >= 15 is 0 Å². The molecule has 0 spiro atoms. The number of H-pyrrole nitrogens is 1. The molecule has 2 rings (SSSR count). The van der Waals surface area contributed by atoms with Gasteiger partial charge in [0.1, 0.15) is 5.15 Å². The summed E-state index contributed by atoms with van der Waals surface area (Å²) in [5.41, 5.74) is 1.72. The maximum Gasteiger partial charge on any atom is 0.309 e. The number of carboxylic acid groups (broad SMARTS) is 1. The van der Waals surface area contributed by atoms with Gasteiger partial charge < -0.3 is 14.7 Å². The van der Waals surface area contributed by atoms with Gasteiger partial charge in [0, 0.05) is 18.6 Å². The van der Waals surface area contributed by atoms with Crippen molar-refractivity contribution in [2.75, 3.05) is 0 Å². The van der Waals surface area contributed by atoms with Gasteiger partial charge in [-0.05, 0) is 23.8 Å². The summed E-state index contributed by atoms with van der Waals surface area (Å²) in [7, 11) is 1.68. The van der Waals surface area contributed by atoms with Crippen molar-refractivity contribution in [2.24, 2.45) is 7.05 Å². The molecule has 5 nitrogen and oxygen atoms in total. The molecule has 0 amide bonds. The number of nitrogens with one attached hydrogen (secondary N) is 1. The predicted molar refractivity (Wildman–Crippen MR) is 75.5 cm³/mol. The summed E-state index contributed by atoms with van der Waals surface area (Å²) in [6.07, 6.45) is -0.189. The third kappa shape index (κ3) is 2.73. The highest BCUT2D eigenvalue weighted by molar-refractivity contribution is 6.30. The molecule has 20 heavy (non-hydrogen) atoms. The van der Waals surface area contributed by atoms with E-state index in [9.17, 15) is 9.59 Å². The summed E-state index contributed by atoms with van der Waals surface area (Å²) in [5.74, 6) is -1.13. The van der Waals surface area contributed by atoms with Crippen molar-refractivity contribution in [3.8, 4) is 0 Å². The molecular weight excluding hydrogens is 303 g/mol. The molecule has 0 unspecified atom stereocenters. The Bertz CT molecular complexity index is 673. The van der Waals surface area contributed by atoms with Crippen molar-refractivity contribution in [1.82, 2.24) is 9.55 Å². The first kappa shape index (κ1) is 14.7. The van der Waals surface area contributed by atoms with Crippen molar-refractivity contribution in [3.63, 3.8) is 0 Å². The Morgan fingerprint density at radius 2 is 2.10 bits per heavy atom. The second-order valence-electron chi connectivity index (χ2n) is 4.33. The van der Waals surface area contributed by atoms with E-state index in [4.69, 9.17) is 28.3 Å². The highest BCUT2D eigenvalue weighted by atomic mass is 35.5. The zero-order valence-electron chi connectivity index (χ0n) is 10.6. The van der Waals surface area contributed by atoms with E-state index in [-0.39, 0.29) is 18.1 Å². The average molecular weight is 315 g/mol. The largest absolute Gasteiger partial charge is 0.481 e. The minimum Gasteiger partial charge on any atom is -0.481 e. The van der Waals surface area contributed by atoms with Gasteiger partial charge in [-0.25, -0.2) is 0 Å². The number of ketones is 1. The van der Waals surface area contributed by atoms with Crippen LogP contribution in [0.1, 0.15) is 27.4 Å². The van der Waals surface area contributed by atoms with Crippen LogP contribution in [0.3, 0.4) is 0 Å². The van der Waals surface area contributed by atoms with Crippen LogP contribution < -0.4 is 0 Å². The Morgan fingerprint density at radius 1 is 1.40 bits per heavy atom. The smallest absolute Gasteiger partial charge is 0.309 e. The number of rotatable bonds is 5. The number of hydrogen-bond donors (Lipinski definition) is 2. The molecule has 0 saturated heterocycles. The number of carbonyl (C=O) groups excluding carboxylic acids is 1. The van der Waals surface area contributed by atoms with E-state index in [0.29, 0.717) is 27.8 Å². The number of aliphatic carboxylic acids is 1. The van der Waals surface area contributed by atoms with E-state index < -0.39 is 5.97 Å². The lowest BCUT2D eigenvalue weighted by atomic mass is 10.1. The fourth-order valence-electron chi connectivity index (χ4n) is 1.97. The van der Waals surface area contributed by atoms with Gasteiger partial charge in [-0.2, -0.15) is 0 Å². The van der Waals surface area contributed by atoms with Crippen molar-refractivity contribution < 1.29 is 14.7 Å². The average Bonchev–Trinajstić information content (AvgIpc) is 2.93. The fraction of sp³-hybridized carbons (Fsp3) is 0.231. The number of carbonyl (C=O) groups is 2. The highest BCUT2D eigenvalue weighted by Gasteiger charge is 2.20. The molecule has 0 atom stereocenters. The van der Waals surface area contributed by atoms with E-state index in [1.807, 2.05) is 0 Å². The lowest BCUT2D eigenvalue weighted by Crippen LogP contribution is -2.10. The third-order valence-electron chi connectivity index (χ3n) is 2.96. The van der Waals surface area contributed by atoms with Crippen LogP contribution in [0.25, 0.3) is 0 Å². The Balaban J connectivity index is 2.41. The molecule has 0 aliphatic carbocycles. The van der Waals surface area contributed by atoms with Crippen LogP contribution in [0.5, 0.6) is 0 Å². The van der Waals surface area contributed by atoms with Crippen LogP contribution in [-0.4, -0.2) is 26.4 Å². The van der Waals surface area contributed by atoms with Crippen LogP contribution in [0, 0.1) is 0 Å². The van der Waals surface area contributed by atoms with Gasteiger partial charge in [0.25, 0.3) is 0 Å². The van der Waals surface area contributed by atoms with Crippen LogP contribution in [-0.2, 0) is 24.1 Å². The lowest BCUT2D eigenvalue weighted by molar-refractivity contribution is -0.136. The molecule has 0 aliphatic rings. The molecule has 7 heteroatoms. The first-order valence-corrected chi connectivity index (χ1v) is 6.69. The van der Waals surface area contributed by atoms with Gasteiger partial charge >= 0.3 is 5.97 Å². The number of nitrogens with zero attached hydrogens (tertiary/aromatic N) is 1. The Labute approximate surface area is 125 Å². The topological polar surface area (TPSA) is 75.1 Å². The van der Waals surface area contributed by atoms with Crippen molar-refractivity contribution >= 4 is 35.0 Å². The summed E-state index contributed by atoms with van der Waals surface area (Å²) in [4.78, 5) is 26.0. The van der Waals surface area contributed by atoms with Crippen LogP contribution >= 0.6 is 23.2 Å². The maximum absolute atomic E-state index is 12.4. The zero-order chi connectivity index (χ0) is 14.9. The summed E-state index contributed by atoms with van der Waals surface area (Å²) < 4.78 is 1.56. The second kappa shape index (κ2) is 5.73. The number of carboxylic acids is 1. The molecular formula is C13H12Cl2N2O3. The van der Waals surface area contributed by atoms with Crippen LogP contribution in [0.15, 0.2) is 18.2 Å². The Morgan fingerprint density at radius 3 is 2.60 bits per heavy atom. The molecule has 106 valence electrons. The van der Waals surface area contributed by atoms with Crippen molar-refractivity contribution in [1.29, 1.82) is 0 Å². The number of aromatic nitrogens is 2. The molecule has 0 bridgehead atoms. The lowest BCUT2D eigenvalue weighted by Gasteiger charge is -2.03. The molecule has 0 fully saturated rings. The molecule has 2 aromatic rings. The molecule has 0 aliphatic heterocycles. The van der Waals surface area contributed by atoms with E-state index in [1.165, 1.54) is 0 Å². The Hall–Kier alpha value is -1.72. The maximum atomic E-state index is 12.4. The van der Waals surface area contributed by atoms with Gasteiger partial charge in [-0.3, -0.25) is 9.59 Å². The quantitative estimate of drug-likeness (QED) is 0.658. The number of hydrogen-bond acceptors (Lipinski definition) is 2. The Kier molecular flexibility index (Phi) is 4.20. The first-order valence-electron chi connectivity index (χ1n) is 5.78. The standard InChI is InChI=1S/C13H12Cl2N2O3/c1-17-9(2-3-10(17)15)13(20)12-7(6-14)4-8(16-12)5-11(18)19/h2-4,16H,5-6H2,1H3,(H,18,19). The van der Waals surface area contributed by atoms with Gasteiger partial charge in [-0.1, -0.05) is 11.6 Å². The summed E-state index contributed by atoms with van der Waals surface area (Å²) in [6.45, 7) is 0. The first-order chi connectivity index (χ1) is 9.43.